The molecule has 6 nitrogen and oxygen atoms in total. The van der Waals surface area contributed by atoms with Gasteiger partial charge in [-0.15, -0.1) is 0 Å². The number of rotatable bonds is 5. The van der Waals surface area contributed by atoms with E-state index in [0.29, 0.717) is 31.8 Å². The second-order valence-electron chi connectivity index (χ2n) is 6.00. The van der Waals surface area contributed by atoms with Crippen molar-refractivity contribution in [1.29, 1.82) is 0 Å². The van der Waals surface area contributed by atoms with Crippen molar-refractivity contribution in [2.24, 2.45) is 5.92 Å². The summed E-state index contributed by atoms with van der Waals surface area (Å²) in [6, 6.07) is 7.54. The molecule has 0 atom stereocenters. The molecular formula is C17H20N2O4. The van der Waals surface area contributed by atoms with Crippen molar-refractivity contribution >= 4 is 23.0 Å². The minimum absolute atomic E-state index is 0.0843. The average molecular weight is 316 g/mol. The van der Waals surface area contributed by atoms with Gasteiger partial charge in [0.2, 0.25) is 5.91 Å². The molecule has 6 heteroatoms. The van der Waals surface area contributed by atoms with Gasteiger partial charge in [0.1, 0.15) is 5.52 Å². The molecule has 2 aromatic rings. The lowest BCUT2D eigenvalue weighted by Crippen LogP contribution is -2.39. The average Bonchev–Trinajstić information content (AvgIpc) is 2.95. The summed E-state index contributed by atoms with van der Waals surface area (Å²) in [5.41, 5.74) is 1.55. The third-order valence-corrected chi connectivity index (χ3v) is 4.32. The lowest BCUT2D eigenvalue weighted by Gasteiger charge is -2.31. The molecule has 0 saturated carbocycles. The Hall–Kier alpha value is -2.37. The number of likely N-dealkylation sites (tertiary alicyclic amines) is 1. The van der Waals surface area contributed by atoms with Crippen molar-refractivity contribution in [2.75, 3.05) is 13.1 Å². The van der Waals surface area contributed by atoms with Gasteiger partial charge in [-0.25, -0.2) is 4.98 Å². The highest BCUT2D eigenvalue weighted by molar-refractivity contribution is 5.77. The van der Waals surface area contributed by atoms with E-state index >= 15 is 0 Å². The first-order valence-electron chi connectivity index (χ1n) is 7.96. The Labute approximate surface area is 134 Å². The Morgan fingerprint density at radius 1 is 1.26 bits per heavy atom. The molecule has 0 bridgehead atoms. The predicted molar refractivity (Wildman–Crippen MR) is 83.9 cm³/mol. The second kappa shape index (κ2) is 6.81. The van der Waals surface area contributed by atoms with Crippen LogP contribution in [0.25, 0.3) is 11.1 Å². The molecule has 1 aromatic heterocycles. The number of amides is 1. The minimum atomic E-state index is -0.759. The number of benzene rings is 1. The highest BCUT2D eigenvalue weighted by atomic mass is 16.4. The van der Waals surface area contributed by atoms with Crippen LogP contribution in [-0.2, 0) is 16.0 Å². The number of para-hydroxylation sites is 2. The van der Waals surface area contributed by atoms with E-state index in [4.69, 9.17) is 9.52 Å². The summed E-state index contributed by atoms with van der Waals surface area (Å²) in [5, 5.41) is 8.81. The van der Waals surface area contributed by atoms with Crippen LogP contribution in [0.2, 0.25) is 0 Å². The Kier molecular flexibility index (Phi) is 4.60. The largest absolute Gasteiger partial charge is 0.481 e. The van der Waals surface area contributed by atoms with Crippen LogP contribution in [0.15, 0.2) is 28.7 Å². The zero-order valence-electron chi connectivity index (χ0n) is 12.9. The molecule has 1 fully saturated rings. The summed E-state index contributed by atoms with van der Waals surface area (Å²) in [5.74, 6) is 0.0978. The molecule has 0 radical (unpaired) electrons. The topological polar surface area (TPSA) is 83.6 Å². The normalized spacial score (nSPS) is 15.9. The van der Waals surface area contributed by atoms with E-state index in [9.17, 15) is 9.59 Å². The Morgan fingerprint density at radius 2 is 2.00 bits per heavy atom. The summed E-state index contributed by atoms with van der Waals surface area (Å²) in [7, 11) is 0. The molecule has 1 aliphatic heterocycles. The summed E-state index contributed by atoms with van der Waals surface area (Å²) < 4.78 is 5.62. The SMILES string of the molecule is O=C(O)CC1CCN(C(=O)CCc2nc3ccccc3o2)CC1. The van der Waals surface area contributed by atoms with Gasteiger partial charge in [-0.05, 0) is 30.9 Å². The Morgan fingerprint density at radius 3 is 2.70 bits per heavy atom. The fraction of sp³-hybridized carbons (Fsp3) is 0.471. The van der Waals surface area contributed by atoms with Gasteiger partial charge in [0, 0.05) is 32.4 Å². The van der Waals surface area contributed by atoms with Crippen molar-refractivity contribution in [3.63, 3.8) is 0 Å². The Balaban J connectivity index is 1.49. The van der Waals surface area contributed by atoms with Crippen molar-refractivity contribution in [2.45, 2.75) is 32.1 Å². The van der Waals surface area contributed by atoms with E-state index in [-0.39, 0.29) is 18.2 Å². The lowest BCUT2D eigenvalue weighted by molar-refractivity contribution is -0.138. The molecule has 0 aliphatic carbocycles. The number of carbonyl (C=O) groups excluding carboxylic acids is 1. The number of carboxylic acid groups (broad SMARTS) is 1. The molecule has 2 heterocycles. The number of aryl methyl sites for hydroxylation is 1. The van der Waals surface area contributed by atoms with Crippen LogP contribution in [0.3, 0.4) is 0 Å². The van der Waals surface area contributed by atoms with Gasteiger partial charge in [-0.3, -0.25) is 9.59 Å². The smallest absolute Gasteiger partial charge is 0.303 e. The van der Waals surface area contributed by atoms with Crippen LogP contribution in [0.5, 0.6) is 0 Å². The van der Waals surface area contributed by atoms with Gasteiger partial charge in [-0.1, -0.05) is 12.1 Å². The fourth-order valence-electron chi connectivity index (χ4n) is 3.03. The fourth-order valence-corrected chi connectivity index (χ4v) is 3.03. The molecule has 1 N–H and O–H groups in total. The summed E-state index contributed by atoms with van der Waals surface area (Å²) in [6.07, 6.45) is 2.59. The molecule has 1 aromatic carbocycles. The van der Waals surface area contributed by atoms with Crippen LogP contribution in [-0.4, -0.2) is 40.0 Å². The predicted octanol–water partition coefficient (Wildman–Crippen LogP) is 2.47. The molecule has 1 aliphatic rings. The van der Waals surface area contributed by atoms with Crippen LogP contribution >= 0.6 is 0 Å². The van der Waals surface area contributed by atoms with Crippen LogP contribution in [0.1, 0.15) is 31.6 Å². The van der Waals surface area contributed by atoms with Crippen LogP contribution in [0, 0.1) is 5.92 Å². The van der Waals surface area contributed by atoms with Crippen molar-refractivity contribution in [3.05, 3.63) is 30.2 Å². The number of carbonyl (C=O) groups is 2. The second-order valence-corrected chi connectivity index (χ2v) is 6.00. The first-order chi connectivity index (χ1) is 11.1. The monoisotopic (exact) mass is 316 g/mol. The van der Waals surface area contributed by atoms with E-state index in [1.54, 1.807) is 0 Å². The van der Waals surface area contributed by atoms with Gasteiger partial charge in [0.15, 0.2) is 11.5 Å². The molecular weight excluding hydrogens is 296 g/mol. The van der Waals surface area contributed by atoms with Gasteiger partial charge in [0.25, 0.3) is 0 Å². The zero-order chi connectivity index (χ0) is 16.2. The van der Waals surface area contributed by atoms with Crippen LogP contribution < -0.4 is 0 Å². The quantitative estimate of drug-likeness (QED) is 0.916. The molecule has 1 saturated heterocycles. The highest BCUT2D eigenvalue weighted by Gasteiger charge is 2.24. The number of oxazole rings is 1. The van der Waals surface area contributed by atoms with E-state index in [0.717, 1.165) is 23.9 Å². The zero-order valence-corrected chi connectivity index (χ0v) is 12.9. The highest BCUT2D eigenvalue weighted by Crippen LogP contribution is 2.21. The van der Waals surface area contributed by atoms with E-state index < -0.39 is 5.97 Å². The van der Waals surface area contributed by atoms with Crippen molar-refractivity contribution in [3.8, 4) is 0 Å². The molecule has 1 amide bonds. The van der Waals surface area contributed by atoms with Gasteiger partial charge in [-0.2, -0.15) is 0 Å². The van der Waals surface area contributed by atoms with E-state index in [1.807, 2.05) is 29.2 Å². The maximum absolute atomic E-state index is 12.3. The maximum Gasteiger partial charge on any atom is 0.303 e. The first kappa shape index (κ1) is 15.5. The Bertz CT molecular complexity index is 668. The minimum Gasteiger partial charge on any atom is -0.481 e. The first-order valence-corrected chi connectivity index (χ1v) is 7.96. The molecule has 0 spiro atoms. The molecule has 23 heavy (non-hydrogen) atoms. The number of nitrogens with zero attached hydrogens (tertiary/aromatic N) is 2. The van der Waals surface area contributed by atoms with Gasteiger partial charge >= 0.3 is 5.97 Å². The van der Waals surface area contributed by atoms with Gasteiger partial charge < -0.3 is 14.4 Å². The standard InChI is InChI=1S/C17H20N2O4/c20-16(19-9-7-12(8-10-19)11-17(21)22)6-5-15-18-13-3-1-2-4-14(13)23-15/h1-4,12H,5-11H2,(H,21,22). The maximum atomic E-state index is 12.3. The van der Waals surface area contributed by atoms with Crippen molar-refractivity contribution in [1.82, 2.24) is 9.88 Å². The number of fused-ring (bicyclic) bond motifs is 1. The summed E-state index contributed by atoms with van der Waals surface area (Å²) in [4.78, 5) is 29.2. The van der Waals surface area contributed by atoms with Crippen molar-refractivity contribution < 1.29 is 19.1 Å². The van der Waals surface area contributed by atoms with E-state index in [2.05, 4.69) is 4.98 Å². The van der Waals surface area contributed by atoms with E-state index in [1.165, 1.54) is 0 Å². The molecule has 3 rings (SSSR count). The lowest BCUT2D eigenvalue weighted by atomic mass is 9.93. The number of carboxylic acids is 1. The molecule has 0 unspecified atom stereocenters. The van der Waals surface area contributed by atoms with Crippen LogP contribution in [0.4, 0.5) is 0 Å². The summed E-state index contributed by atoms with van der Waals surface area (Å²) >= 11 is 0. The third kappa shape index (κ3) is 3.88. The summed E-state index contributed by atoms with van der Waals surface area (Å²) in [6.45, 7) is 1.29. The number of hydrogen-bond acceptors (Lipinski definition) is 4. The van der Waals surface area contributed by atoms with Gasteiger partial charge in [0.05, 0.1) is 0 Å². The third-order valence-electron chi connectivity index (χ3n) is 4.32. The number of piperidine rings is 1. The molecule has 122 valence electrons. The number of hydrogen-bond donors (Lipinski definition) is 1. The number of aromatic nitrogens is 1. The number of aliphatic carboxylic acids is 1.